The lowest BCUT2D eigenvalue weighted by atomic mass is 10.4. The van der Waals surface area contributed by atoms with Crippen LogP contribution >= 0.6 is 11.8 Å². The Kier molecular flexibility index (Phi) is 4.21. The van der Waals surface area contributed by atoms with Gasteiger partial charge in [-0.3, -0.25) is 4.57 Å². The van der Waals surface area contributed by atoms with Gasteiger partial charge in [0.15, 0.2) is 5.16 Å². The van der Waals surface area contributed by atoms with Crippen molar-refractivity contribution in [2.75, 3.05) is 18.0 Å². The molecule has 1 aromatic rings. The van der Waals surface area contributed by atoms with E-state index in [1.54, 1.807) is 11.8 Å². The van der Waals surface area contributed by atoms with Crippen LogP contribution in [0.15, 0.2) is 5.16 Å². The molecule has 0 aliphatic carbocycles. The summed E-state index contributed by atoms with van der Waals surface area (Å²) in [5, 5.41) is 8.75. The Bertz CT molecular complexity index is 283. The maximum absolute atomic E-state index is 5.70. The van der Waals surface area contributed by atoms with E-state index in [4.69, 9.17) is 11.5 Å². The average Bonchev–Trinajstić information content (AvgIpc) is 2.47. The molecule has 0 bridgehead atoms. The van der Waals surface area contributed by atoms with E-state index in [0.29, 0.717) is 18.5 Å². The minimum Gasteiger partial charge on any atom is -0.368 e. The first kappa shape index (κ1) is 11.3. The second kappa shape index (κ2) is 5.21. The van der Waals surface area contributed by atoms with Crippen molar-refractivity contribution < 1.29 is 0 Å². The van der Waals surface area contributed by atoms with Crippen LogP contribution in [0.5, 0.6) is 0 Å². The Hall–Kier alpha value is -0.750. The Morgan fingerprint density at radius 3 is 2.71 bits per heavy atom. The fourth-order valence-electron chi connectivity index (χ4n) is 1.12. The summed E-state index contributed by atoms with van der Waals surface area (Å²) in [7, 11) is 0. The van der Waals surface area contributed by atoms with Gasteiger partial charge in [0.2, 0.25) is 5.95 Å². The molecule has 14 heavy (non-hydrogen) atoms. The van der Waals surface area contributed by atoms with Crippen LogP contribution in [0.1, 0.15) is 26.3 Å². The fourth-order valence-corrected chi connectivity index (χ4v) is 2.15. The van der Waals surface area contributed by atoms with Gasteiger partial charge in [0, 0.05) is 11.8 Å². The van der Waals surface area contributed by atoms with E-state index in [1.165, 1.54) is 0 Å². The summed E-state index contributed by atoms with van der Waals surface area (Å²) in [5.74, 6) is 1.44. The van der Waals surface area contributed by atoms with Crippen molar-refractivity contribution in [3.05, 3.63) is 0 Å². The van der Waals surface area contributed by atoms with Gasteiger partial charge >= 0.3 is 0 Å². The third-order valence-corrected chi connectivity index (χ3v) is 2.82. The first-order valence-electron chi connectivity index (χ1n) is 4.70. The molecule has 0 fully saturated rings. The minimum atomic E-state index is 0.297. The quantitative estimate of drug-likeness (QED) is 0.563. The second-order valence-corrected chi connectivity index (χ2v) is 4.36. The lowest BCUT2D eigenvalue weighted by Crippen LogP contribution is -2.07. The molecule has 1 rings (SSSR count). The largest absolute Gasteiger partial charge is 0.368 e. The number of anilines is 1. The summed E-state index contributed by atoms with van der Waals surface area (Å²) in [6.45, 7) is 4.83. The Balaban J connectivity index is 2.66. The number of nitrogens with zero attached hydrogens (tertiary/aromatic N) is 3. The molecule has 0 aliphatic rings. The normalized spacial score (nSPS) is 11.1. The molecule has 5 nitrogen and oxygen atoms in total. The first-order chi connectivity index (χ1) is 6.66. The van der Waals surface area contributed by atoms with Gasteiger partial charge in [-0.05, 0) is 26.8 Å². The predicted molar refractivity (Wildman–Crippen MR) is 59.2 cm³/mol. The summed E-state index contributed by atoms with van der Waals surface area (Å²) in [6.07, 6.45) is 0.982. The van der Waals surface area contributed by atoms with Crippen LogP contribution in [0.2, 0.25) is 0 Å². The van der Waals surface area contributed by atoms with Crippen molar-refractivity contribution in [2.45, 2.75) is 31.5 Å². The number of aromatic nitrogens is 3. The van der Waals surface area contributed by atoms with Gasteiger partial charge in [0.1, 0.15) is 0 Å². The molecule has 0 aromatic carbocycles. The van der Waals surface area contributed by atoms with Crippen LogP contribution < -0.4 is 11.5 Å². The van der Waals surface area contributed by atoms with Crippen molar-refractivity contribution in [1.82, 2.24) is 14.8 Å². The average molecular weight is 215 g/mol. The fraction of sp³-hybridized carbons (Fsp3) is 0.750. The van der Waals surface area contributed by atoms with E-state index >= 15 is 0 Å². The van der Waals surface area contributed by atoms with Gasteiger partial charge in [0.05, 0.1) is 0 Å². The highest BCUT2D eigenvalue weighted by Crippen LogP contribution is 2.22. The summed E-state index contributed by atoms with van der Waals surface area (Å²) in [5.41, 5.74) is 11.1. The van der Waals surface area contributed by atoms with Crippen molar-refractivity contribution in [2.24, 2.45) is 5.73 Å². The van der Waals surface area contributed by atoms with Gasteiger partial charge in [-0.25, -0.2) is 0 Å². The van der Waals surface area contributed by atoms with Crippen molar-refractivity contribution in [3.63, 3.8) is 0 Å². The predicted octanol–water partition coefficient (Wildman–Crippen LogP) is 0.882. The van der Waals surface area contributed by atoms with Crippen LogP contribution in [-0.4, -0.2) is 27.1 Å². The number of nitrogen functional groups attached to an aromatic ring is 1. The van der Waals surface area contributed by atoms with Crippen LogP contribution in [0, 0.1) is 0 Å². The lowest BCUT2D eigenvalue weighted by Gasteiger charge is -2.10. The van der Waals surface area contributed by atoms with Crippen LogP contribution in [0.3, 0.4) is 0 Å². The zero-order valence-electron chi connectivity index (χ0n) is 8.60. The third-order valence-electron chi connectivity index (χ3n) is 1.79. The molecule has 6 heteroatoms. The summed E-state index contributed by atoms with van der Waals surface area (Å²) >= 11 is 1.65. The number of hydrogen-bond acceptors (Lipinski definition) is 5. The molecule has 0 spiro atoms. The van der Waals surface area contributed by atoms with E-state index in [-0.39, 0.29) is 0 Å². The van der Waals surface area contributed by atoms with Crippen molar-refractivity contribution in [3.8, 4) is 0 Å². The van der Waals surface area contributed by atoms with Gasteiger partial charge in [-0.1, -0.05) is 11.8 Å². The van der Waals surface area contributed by atoms with Crippen molar-refractivity contribution in [1.29, 1.82) is 0 Å². The topological polar surface area (TPSA) is 82.8 Å². The van der Waals surface area contributed by atoms with Gasteiger partial charge in [-0.15, -0.1) is 10.2 Å². The Morgan fingerprint density at radius 2 is 2.14 bits per heavy atom. The molecule has 1 heterocycles. The molecule has 1 aromatic heterocycles. The minimum absolute atomic E-state index is 0.297. The highest BCUT2D eigenvalue weighted by molar-refractivity contribution is 7.99. The second-order valence-electron chi connectivity index (χ2n) is 3.30. The SMILES string of the molecule is CC(C)n1c(N)nnc1SCCCN. The van der Waals surface area contributed by atoms with Gasteiger partial charge < -0.3 is 11.5 Å². The summed E-state index contributed by atoms with van der Waals surface area (Å²) in [4.78, 5) is 0. The highest BCUT2D eigenvalue weighted by atomic mass is 32.2. The van der Waals surface area contributed by atoms with Crippen molar-refractivity contribution >= 4 is 17.7 Å². The molecule has 0 saturated carbocycles. The number of hydrogen-bond donors (Lipinski definition) is 2. The Labute approximate surface area is 88.3 Å². The smallest absolute Gasteiger partial charge is 0.222 e. The zero-order valence-corrected chi connectivity index (χ0v) is 9.42. The molecule has 0 aliphatic heterocycles. The maximum Gasteiger partial charge on any atom is 0.222 e. The van der Waals surface area contributed by atoms with E-state index in [2.05, 4.69) is 24.0 Å². The van der Waals surface area contributed by atoms with E-state index in [0.717, 1.165) is 17.3 Å². The lowest BCUT2D eigenvalue weighted by molar-refractivity contribution is 0.557. The van der Waals surface area contributed by atoms with E-state index in [9.17, 15) is 0 Å². The molecule has 0 saturated heterocycles. The summed E-state index contributed by atoms with van der Waals surface area (Å²) in [6, 6.07) is 0.297. The van der Waals surface area contributed by atoms with Gasteiger partial charge in [0.25, 0.3) is 0 Å². The molecule has 0 atom stereocenters. The van der Waals surface area contributed by atoms with Crippen LogP contribution in [0.4, 0.5) is 5.95 Å². The van der Waals surface area contributed by atoms with Crippen LogP contribution in [0.25, 0.3) is 0 Å². The molecule has 4 N–H and O–H groups in total. The molecular weight excluding hydrogens is 198 g/mol. The van der Waals surface area contributed by atoms with E-state index < -0.39 is 0 Å². The maximum atomic E-state index is 5.70. The molecule has 0 amide bonds. The zero-order chi connectivity index (χ0) is 10.6. The molecule has 80 valence electrons. The van der Waals surface area contributed by atoms with Gasteiger partial charge in [-0.2, -0.15) is 0 Å². The van der Waals surface area contributed by atoms with E-state index in [1.807, 2.05) is 4.57 Å². The molecule has 0 unspecified atom stereocenters. The van der Waals surface area contributed by atoms with Crippen LogP contribution in [-0.2, 0) is 0 Å². The first-order valence-corrected chi connectivity index (χ1v) is 5.68. The number of nitrogens with two attached hydrogens (primary N) is 2. The standard InChI is InChI=1S/C8H17N5S/c1-6(2)13-7(10)11-12-8(13)14-5-3-4-9/h6H,3-5,9H2,1-2H3,(H2,10,11). The Morgan fingerprint density at radius 1 is 1.43 bits per heavy atom. The monoisotopic (exact) mass is 215 g/mol. The number of thioether (sulfide) groups is 1. The number of rotatable bonds is 5. The third kappa shape index (κ3) is 2.62. The summed E-state index contributed by atoms with van der Waals surface area (Å²) < 4.78 is 1.93. The molecular formula is C8H17N5S. The molecule has 0 radical (unpaired) electrons. The highest BCUT2D eigenvalue weighted by Gasteiger charge is 2.11.